The zero-order valence-electron chi connectivity index (χ0n) is 11.0. The topological polar surface area (TPSA) is 44.1 Å². The van der Waals surface area contributed by atoms with Gasteiger partial charge in [0.1, 0.15) is 5.75 Å². The Labute approximate surface area is 106 Å². The second kappa shape index (κ2) is 4.64. The first kappa shape index (κ1) is 12.4. The SMILES string of the molecule is COc1ccc(-c2c(C)nn(C)c2C)cc1C=O. The fourth-order valence-corrected chi connectivity index (χ4v) is 2.17. The number of benzene rings is 1. The summed E-state index contributed by atoms with van der Waals surface area (Å²) >= 11 is 0. The van der Waals surface area contributed by atoms with Crippen LogP contribution in [0, 0.1) is 13.8 Å². The summed E-state index contributed by atoms with van der Waals surface area (Å²) in [6.45, 7) is 3.98. The van der Waals surface area contributed by atoms with E-state index in [-0.39, 0.29) is 0 Å². The highest BCUT2D eigenvalue weighted by Crippen LogP contribution is 2.30. The molecule has 0 atom stereocenters. The maximum atomic E-state index is 11.0. The van der Waals surface area contributed by atoms with Crippen LogP contribution in [0.4, 0.5) is 0 Å². The largest absolute Gasteiger partial charge is 0.496 e. The van der Waals surface area contributed by atoms with Gasteiger partial charge in [-0.2, -0.15) is 5.10 Å². The Hall–Kier alpha value is -2.10. The lowest BCUT2D eigenvalue weighted by Gasteiger charge is -2.07. The Kier molecular flexibility index (Phi) is 3.19. The lowest BCUT2D eigenvalue weighted by molar-refractivity contribution is 0.112. The van der Waals surface area contributed by atoms with Gasteiger partial charge in [-0.15, -0.1) is 0 Å². The summed E-state index contributed by atoms with van der Waals surface area (Å²) in [5.74, 6) is 0.591. The van der Waals surface area contributed by atoms with E-state index in [0.717, 1.165) is 28.8 Å². The first-order valence-electron chi connectivity index (χ1n) is 5.72. The van der Waals surface area contributed by atoms with Crippen LogP contribution in [0.25, 0.3) is 11.1 Å². The fraction of sp³-hybridized carbons (Fsp3) is 0.286. The molecule has 0 saturated carbocycles. The van der Waals surface area contributed by atoms with Crippen molar-refractivity contribution in [3.05, 3.63) is 35.2 Å². The minimum absolute atomic E-state index is 0.553. The molecule has 0 bridgehead atoms. The number of rotatable bonds is 3. The van der Waals surface area contributed by atoms with Crippen LogP contribution >= 0.6 is 0 Å². The van der Waals surface area contributed by atoms with Gasteiger partial charge >= 0.3 is 0 Å². The number of hydrogen-bond donors (Lipinski definition) is 0. The number of methoxy groups -OCH3 is 1. The Morgan fingerprint density at radius 1 is 1.33 bits per heavy atom. The third-order valence-electron chi connectivity index (χ3n) is 3.15. The second-order valence-corrected chi connectivity index (χ2v) is 4.24. The third-order valence-corrected chi connectivity index (χ3v) is 3.15. The van der Waals surface area contributed by atoms with Crippen molar-refractivity contribution >= 4 is 6.29 Å². The molecule has 4 heteroatoms. The van der Waals surface area contributed by atoms with Crippen LogP contribution < -0.4 is 4.74 Å². The standard InChI is InChI=1S/C14H16N2O2/c1-9-14(10(2)16(3)15-9)11-5-6-13(18-4)12(7-11)8-17/h5-8H,1-4H3. The van der Waals surface area contributed by atoms with Crippen LogP contribution in [0.1, 0.15) is 21.7 Å². The predicted molar refractivity (Wildman–Crippen MR) is 70.1 cm³/mol. The molecule has 18 heavy (non-hydrogen) atoms. The Bertz CT molecular complexity index is 600. The number of nitrogens with zero attached hydrogens (tertiary/aromatic N) is 2. The van der Waals surface area contributed by atoms with Gasteiger partial charge in [0.25, 0.3) is 0 Å². The molecule has 1 aromatic carbocycles. The lowest BCUT2D eigenvalue weighted by Crippen LogP contribution is -1.94. The monoisotopic (exact) mass is 244 g/mol. The highest BCUT2D eigenvalue weighted by Gasteiger charge is 2.13. The van der Waals surface area contributed by atoms with Gasteiger partial charge in [-0.25, -0.2) is 0 Å². The number of ether oxygens (including phenoxy) is 1. The van der Waals surface area contributed by atoms with Crippen LogP contribution in [-0.4, -0.2) is 23.2 Å². The summed E-state index contributed by atoms with van der Waals surface area (Å²) in [7, 11) is 3.47. The summed E-state index contributed by atoms with van der Waals surface area (Å²) in [5, 5.41) is 4.38. The van der Waals surface area contributed by atoms with E-state index >= 15 is 0 Å². The highest BCUT2D eigenvalue weighted by atomic mass is 16.5. The molecule has 0 saturated heterocycles. The lowest BCUT2D eigenvalue weighted by atomic mass is 10.0. The van der Waals surface area contributed by atoms with Gasteiger partial charge in [-0.05, 0) is 31.5 Å². The van der Waals surface area contributed by atoms with E-state index in [4.69, 9.17) is 4.74 Å². The number of hydrogen-bond acceptors (Lipinski definition) is 3. The summed E-state index contributed by atoms with van der Waals surface area (Å²) < 4.78 is 6.98. The average molecular weight is 244 g/mol. The fourth-order valence-electron chi connectivity index (χ4n) is 2.17. The maximum Gasteiger partial charge on any atom is 0.153 e. The van der Waals surface area contributed by atoms with Gasteiger partial charge in [-0.1, -0.05) is 6.07 Å². The first-order valence-corrected chi connectivity index (χ1v) is 5.72. The van der Waals surface area contributed by atoms with Gasteiger partial charge in [0.2, 0.25) is 0 Å². The molecule has 0 aliphatic heterocycles. The molecule has 1 aromatic heterocycles. The number of aldehydes is 1. The van der Waals surface area contributed by atoms with Crippen molar-refractivity contribution in [2.24, 2.45) is 7.05 Å². The molecule has 94 valence electrons. The molecule has 0 unspecified atom stereocenters. The molecule has 0 radical (unpaired) electrons. The molecule has 0 aliphatic rings. The van der Waals surface area contributed by atoms with Crippen LogP contribution in [-0.2, 0) is 7.05 Å². The van der Waals surface area contributed by atoms with Gasteiger partial charge in [0.15, 0.2) is 6.29 Å². The van der Waals surface area contributed by atoms with E-state index in [9.17, 15) is 4.79 Å². The zero-order chi connectivity index (χ0) is 13.3. The van der Waals surface area contributed by atoms with Crippen molar-refractivity contribution in [2.75, 3.05) is 7.11 Å². The molecule has 0 spiro atoms. The van der Waals surface area contributed by atoms with Crippen LogP contribution in [0.3, 0.4) is 0 Å². The zero-order valence-corrected chi connectivity index (χ0v) is 11.0. The number of carbonyl (C=O) groups is 1. The third kappa shape index (κ3) is 1.90. The molecule has 4 nitrogen and oxygen atoms in total. The van der Waals surface area contributed by atoms with Gasteiger partial charge in [0.05, 0.1) is 18.4 Å². The Morgan fingerprint density at radius 2 is 2.06 bits per heavy atom. The second-order valence-electron chi connectivity index (χ2n) is 4.24. The summed E-state index contributed by atoms with van der Waals surface area (Å²) in [5.41, 5.74) is 4.65. The highest BCUT2D eigenvalue weighted by molar-refractivity contribution is 5.83. The van der Waals surface area contributed by atoms with E-state index < -0.39 is 0 Å². The van der Waals surface area contributed by atoms with Gasteiger partial charge in [-0.3, -0.25) is 9.48 Å². The van der Waals surface area contributed by atoms with Crippen molar-refractivity contribution in [2.45, 2.75) is 13.8 Å². The van der Waals surface area contributed by atoms with Gasteiger partial charge in [0, 0.05) is 18.3 Å². The van der Waals surface area contributed by atoms with Crippen LogP contribution in [0.15, 0.2) is 18.2 Å². The van der Waals surface area contributed by atoms with Crippen molar-refractivity contribution in [1.82, 2.24) is 9.78 Å². The van der Waals surface area contributed by atoms with Crippen molar-refractivity contribution in [3.63, 3.8) is 0 Å². The minimum Gasteiger partial charge on any atom is -0.496 e. The normalized spacial score (nSPS) is 10.4. The smallest absolute Gasteiger partial charge is 0.153 e. The molecule has 0 N–H and O–H groups in total. The summed E-state index contributed by atoms with van der Waals surface area (Å²) in [4.78, 5) is 11.0. The van der Waals surface area contributed by atoms with E-state index in [2.05, 4.69) is 5.10 Å². The average Bonchev–Trinajstić information content (AvgIpc) is 2.62. The summed E-state index contributed by atoms with van der Waals surface area (Å²) in [6.07, 6.45) is 0.809. The molecule has 0 fully saturated rings. The quantitative estimate of drug-likeness (QED) is 0.779. The predicted octanol–water partition coefficient (Wildman–Crippen LogP) is 2.53. The van der Waals surface area contributed by atoms with Crippen molar-refractivity contribution in [3.8, 4) is 16.9 Å². The molecule has 2 aromatic rings. The van der Waals surface area contributed by atoms with Crippen LogP contribution in [0.2, 0.25) is 0 Å². The number of aryl methyl sites for hydroxylation is 2. The number of carbonyl (C=O) groups excluding carboxylic acids is 1. The molecular formula is C14H16N2O2. The van der Waals surface area contributed by atoms with Crippen molar-refractivity contribution < 1.29 is 9.53 Å². The Morgan fingerprint density at radius 3 is 2.56 bits per heavy atom. The van der Waals surface area contributed by atoms with E-state index in [1.165, 1.54) is 0 Å². The maximum absolute atomic E-state index is 11.0. The molecule has 1 heterocycles. The van der Waals surface area contributed by atoms with E-state index in [0.29, 0.717) is 11.3 Å². The van der Waals surface area contributed by atoms with Crippen molar-refractivity contribution in [1.29, 1.82) is 0 Å². The minimum atomic E-state index is 0.553. The van der Waals surface area contributed by atoms with E-state index in [1.807, 2.05) is 43.8 Å². The van der Waals surface area contributed by atoms with Gasteiger partial charge < -0.3 is 4.74 Å². The van der Waals surface area contributed by atoms with Crippen LogP contribution in [0.5, 0.6) is 5.75 Å². The molecule has 2 rings (SSSR count). The van der Waals surface area contributed by atoms with E-state index in [1.54, 1.807) is 7.11 Å². The molecule has 0 aliphatic carbocycles. The first-order chi connectivity index (χ1) is 8.58. The molecular weight excluding hydrogens is 228 g/mol. The Balaban J connectivity index is 2.61. The summed E-state index contributed by atoms with van der Waals surface area (Å²) in [6, 6.07) is 5.59. The number of aromatic nitrogens is 2. The molecule has 0 amide bonds.